The van der Waals surface area contributed by atoms with Gasteiger partial charge in [0.15, 0.2) is 0 Å². The van der Waals surface area contributed by atoms with Gasteiger partial charge in [-0.2, -0.15) is 0 Å². The van der Waals surface area contributed by atoms with Crippen LogP contribution in [0.4, 0.5) is 0 Å². The summed E-state index contributed by atoms with van der Waals surface area (Å²) < 4.78 is 26.8. The van der Waals surface area contributed by atoms with E-state index in [2.05, 4.69) is 10.3 Å². The number of amides is 1. The minimum Gasteiger partial charge on any atom is -0.508 e. The highest BCUT2D eigenvalue weighted by atomic mass is 35.5. The number of hydrogen-bond donors (Lipinski definition) is 3. The molecule has 0 aliphatic rings. The fourth-order valence-electron chi connectivity index (χ4n) is 3.23. The SMILES string of the molecule is O=C(NCc1cccc(O)c1)c1[nH]c2ccc(Cl)cc2c1S(=O)(=O)c1ccccc1. The second kappa shape index (κ2) is 7.85. The highest BCUT2D eigenvalue weighted by Gasteiger charge is 2.29. The predicted octanol–water partition coefficient (Wildman–Crippen LogP) is 4.29. The zero-order chi connectivity index (χ0) is 21.3. The number of halogens is 1. The molecule has 4 rings (SSSR count). The van der Waals surface area contributed by atoms with Gasteiger partial charge < -0.3 is 15.4 Å². The first-order valence-electron chi connectivity index (χ1n) is 9.04. The monoisotopic (exact) mass is 440 g/mol. The number of aromatic amines is 1. The molecule has 0 bridgehead atoms. The van der Waals surface area contributed by atoms with Crippen molar-refractivity contribution in [3.63, 3.8) is 0 Å². The number of carbonyl (C=O) groups excluding carboxylic acids is 1. The lowest BCUT2D eigenvalue weighted by Crippen LogP contribution is -2.25. The van der Waals surface area contributed by atoms with Crippen LogP contribution in [0.15, 0.2) is 82.6 Å². The minimum absolute atomic E-state index is 0.0729. The molecule has 0 atom stereocenters. The van der Waals surface area contributed by atoms with Gasteiger partial charge in [-0.1, -0.05) is 41.9 Å². The zero-order valence-corrected chi connectivity index (χ0v) is 17.2. The summed E-state index contributed by atoms with van der Waals surface area (Å²) in [5, 5.41) is 13.0. The van der Waals surface area contributed by atoms with Gasteiger partial charge in [-0.15, -0.1) is 0 Å². The minimum atomic E-state index is -4.00. The van der Waals surface area contributed by atoms with Crippen molar-refractivity contribution in [1.29, 1.82) is 0 Å². The number of aromatic hydroxyl groups is 1. The van der Waals surface area contributed by atoms with Crippen LogP contribution in [-0.2, 0) is 16.4 Å². The van der Waals surface area contributed by atoms with Crippen molar-refractivity contribution in [2.75, 3.05) is 0 Å². The zero-order valence-electron chi connectivity index (χ0n) is 15.6. The number of nitrogens with one attached hydrogen (secondary N) is 2. The van der Waals surface area contributed by atoms with E-state index in [9.17, 15) is 18.3 Å². The first-order valence-corrected chi connectivity index (χ1v) is 10.9. The molecule has 0 saturated carbocycles. The number of phenols is 1. The topological polar surface area (TPSA) is 99.3 Å². The molecular formula is C22H17ClN2O4S. The van der Waals surface area contributed by atoms with E-state index in [0.717, 1.165) is 0 Å². The molecule has 1 amide bonds. The number of fused-ring (bicyclic) bond motifs is 1. The number of hydrogen-bond acceptors (Lipinski definition) is 4. The van der Waals surface area contributed by atoms with E-state index in [1.54, 1.807) is 42.5 Å². The van der Waals surface area contributed by atoms with Gasteiger partial charge in [-0.3, -0.25) is 4.79 Å². The average molecular weight is 441 g/mol. The average Bonchev–Trinajstić information content (AvgIpc) is 3.12. The van der Waals surface area contributed by atoms with Crippen LogP contribution in [0.3, 0.4) is 0 Å². The van der Waals surface area contributed by atoms with Gasteiger partial charge in [-0.05, 0) is 48.0 Å². The Bertz CT molecular complexity index is 1350. The number of phenolic OH excluding ortho intramolecular Hbond substituents is 1. The van der Waals surface area contributed by atoms with Crippen molar-refractivity contribution < 1.29 is 18.3 Å². The van der Waals surface area contributed by atoms with E-state index in [1.807, 2.05) is 0 Å². The van der Waals surface area contributed by atoms with Gasteiger partial charge in [0.25, 0.3) is 5.91 Å². The van der Waals surface area contributed by atoms with Crippen LogP contribution in [0.1, 0.15) is 16.1 Å². The van der Waals surface area contributed by atoms with Crippen LogP contribution < -0.4 is 5.32 Å². The van der Waals surface area contributed by atoms with Gasteiger partial charge in [0, 0.05) is 22.5 Å². The summed E-state index contributed by atoms with van der Waals surface area (Å²) in [6.45, 7) is 0.119. The summed E-state index contributed by atoms with van der Waals surface area (Å²) >= 11 is 6.10. The normalized spacial score (nSPS) is 11.5. The maximum atomic E-state index is 13.4. The Morgan fingerprint density at radius 1 is 1.00 bits per heavy atom. The van der Waals surface area contributed by atoms with Gasteiger partial charge in [0.05, 0.1) is 4.90 Å². The smallest absolute Gasteiger partial charge is 0.269 e. The first-order chi connectivity index (χ1) is 14.4. The number of H-pyrrole nitrogens is 1. The third-order valence-corrected chi connectivity index (χ3v) is 6.72. The number of sulfone groups is 1. The molecule has 0 spiro atoms. The number of aromatic nitrogens is 1. The molecule has 0 fully saturated rings. The molecule has 0 unspecified atom stereocenters. The van der Waals surface area contributed by atoms with Crippen LogP contribution in [0.25, 0.3) is 10.9 Å². The maximum Gasteiger partial charge on any atom is 0.269 e. The molecule has 30 heavy (non-hydrogen) atoms. The molecular weight excluding hydrogens is 424 g/mol. The lowest BCUT2D eigenvalue weighted by Gasteiger charge is -2.09. The summed E-state index contributed by atoms with van der Waals surface area (Å²) in [7, 11) is -4.00. The summed E-state index contributed by atoms with van der Waals surface area (Å²) in [4.78, 5) is 15.8. The standard InChI is InChI=1S/C22H17ClN2O4S/c23-15-9-10-19-18(12-15)21(30(28,29)17-7-2-1-3-8-17)20(25-19)22(27)24-13-14-5-4-6-16(26)11-14/h1-12,25-26H,13H2,(H,24,27). The number of carbonyl (C=O) groups is 1. The van der Waals surface area contributed by atoms with E-state index < -0.39 is 15.7 Å². The highest BCUT2D eigenvalue weighted by Crippen LogP contribution is 2.33. The first kappa shape index (κ1) is 20.0. The largest absolute Gasteiger partial charge is 0.508 e. The Hall–Kier alpha value is -3.29. The molecule has 0 aliphatic heterocycles. The van der Waals surface area contributed by atoms with Crippen molar-refractivity contribution >= 4 is 38.2 Å². The van der Waals surface area contributed by atoms with Crippen LogP contribution in [0, 0.1) is 0 Å². The highest BCUT2D eigenvalue weighted by molar-refractivity contribution is 7.91. The molecule has 0 aliphatic carbocycles. The third kappa shape index (κ3) is 3.77. The second-order valence-corrected chi connectivity index (χ2v) is 9.01. The number of benzene rings is 3. The van der Waals surface area contributed by atoms with Gasteiger partial charge in [-0.25, -0.2) is 8.42 Å². The molecule has 1 aromatic heterocycles. The van der Waals surface area contributed by atoms with Gasteiger partial charge in [0.2, 0.25) is 9.84 Å². The quantitative estimate of drug-likeness (QED) is 0.431. The van der Waals surface area contributed by atoms with Crippen LogP contribution >= 0.6 is 11.6 Å². The Morgan fingerprint density at radius 2 is 1.77 bits per heavy atom. The van der Waals surface area contributed by atoms with E-state index in [0.29, 0.717) is 21.5 Å². The Balaban J connectivity index is 1.80. The van der Waals surface area contributed by atoms with E-state index in [1.165, 1.54) is 30.3 Å². The third-order valence-electron chi connectivity index (χ3n) is 4.63. The van der Waals surface area contributed by atoms with E-state index >= 15 is 0 Å². The van der Waals surface area contributed by atoms with Crippen LogP contribution in [0.5, 0.6) is 5.75 Å². The Labute approximate surface area is 178 Å². The molecule has 1 heterocycles. The van der Waals surface area contributed by atoms with Gasteiger partial charge >= 0.3 is 0 Å². The number of rotatable bonds is 5. The Morgan fingerprint density at radius 3 is 2.50 bits per heavy atom. The van der Waals surface area contributed by atoms with E-state index in [4.69, 9.17) is 11.6 Å². The second-order valence-electron chi connectivity index (χ2n) is 6.69. The molecule has 0 saturated heterocycles. The molecule has 152 valence electrons. The summed E-state index contributed by atoms with van der Waals surface area (Å²) in [5.41, 5.74) is 1.09. The van der Waals surface area contributed by atoms with Gasteiger partial charge in [0.1, 0.15) is 16.3 Å². The fraction of sp³-hybridized carbons (Fsp3) is 0.0455. The molecule has 4 aromatic rings. The van der Waals surface area contributed by atoms with Crippen molar-refractivity contribution in [2.45, 2.75) is 16.3 Å². The van der Waals surface area contributed by atoms with Crippen molar-refractivity contribution in [3.05, 3.63) is 89.1 Å². The molecule has 3 aromatic carbocycles. The maximum absolute atomic E-state index is 13.4. The Kier molecular flexibility index (Phi) is 5.24. The van der Waals surface area contributed by atoms with Crippen LogP contribution in [-0.4, -0.2) is 24.4 Å². The molecule has 6 nitrogen and oxygen atoms in total. The molecule has 3 N–H and O–H groups in total. The summed E-state index contributed by atoms with van der Waals surface area (Å²) in [6.07, 6.45) is 0. The van der Waals surface area contributed by atoms with E-state index in [-0.39, 0.29) is 27.8 Å². The van der Waals surface area contributed by atoms with Crippen molar-refractivity contribution in [3.8, 4) is 5.75 Å². The van der Waals surface area contributed by atoms with Crippen molar-refractivity contribution in [2.24, 2.45) is 0 Å². The molecule has 0 radical (unpaired) electrons. The lowest BCUT2D eigenvalue weighted by molar-refractivity contribution is 0.0943. The summed E-state index contributed by atoms with van der Waals surface area (Å²) in [6, 6.07) is 19.1. The summed E-state index contributed by atoms with van der Waals surface area (Å²) in [5.74, 6) is -0.505. The predicted molar refractivity (Wildman–Crippen MR) is 114 cm³/mol. The van der Waals surface area contributed by atoms with Crippen molar-refractivity contribution in [1.82, 2.24) is 10.3 Å². The fourth-order valence-corrected chi connectivity index (χ4v) is 5.03. The molecule has 8 heteroatoms. The van der Waals surface area contributed by atoms with Crippen LogP contribution in [0.2, 0.25) is 5.02 Å². The lowest BCUT2D eigenvalue weighted by atomic mass is 10.2.